The van der Waals surface area contributed by atoms with Gasteiger partial charge in [-0.25, -0.2) is 12.2 Å². The molecule has 3 heteroatoms. The summed E-state index contributed by atoms with van der Waals surface area (Å²) in [7, 11) is 0. The molecular weight excluding hydrogens is 486 g/mol. The first-order valence-corrected chi connectivity index (χ1v) is 12.5. The van der Waals surface area contributed by atoms with Crippen molar-refractivity contribution in [1.82, 2.24) is 0 Å². The average Bonchev–Trinajstić information content (AvgIpc) is 3.50. The van der Waals surface area contributed by atoms with E-state index in [9.17, 15) is 0 Å². The van der Waals surface area contributed by atoms with E-state index in [1.807, 2.05) is 15.4 Å². The van der Waals surface area contributed by atoms with Gasteiger partial charge in [0.15, 0.2) is 0 Å². The van der Waals surface area contributed by atoms with Gasteiger partial charge in [0.25, 0.3) is 0 Å². The van der Waals surface area contributed by atoms with E-state index in [4.69, 9.17) is 0 Å². The van der Waals surface area contributed by atoms with Gasteiger partial charge in [0.05, 0.1) is 0 Å². The normalized spacial score (nSPS) is 18.3. The van der Waals surface area contributed by atoms with Gasteiger partial charge in [0, 0.05) is 0 Å². The minimum atomic E-state index is 0. The van der Waals surface area contributed by atoms with Crippen LogP contribution in [0.5, 0.6) is 0 Å². The zero-order chi connectivity index (χ0) is 19.4. The van der Waals surface area contributed by atoms with Gasteiger partial charge >= 0.3 is 103 Å². The molecule has 0 aliphatic heterocycles. The Kier molecular flexibility index (Phi) is 15.0. The molecule has 0 aromatic heterocycles. The van der Waals surface area contributed by atoms with Crippen LogP contribution < -0.4 is 24.8 Å². The molecule has 0 heterocycles. The molecule has 0 saturated heterocycles. The van der Waals surface area contributed by atoms with Crippen LogP contribution in [0.3, 0.4) is 0 Å². The number of rotatable bonds is 2. The van der Waals surface area contributed by atoms with E-state index < -0.39 is 0 Å². The third-order valence-corrected chi connectivity index (χ3v) is 8.23. The van der Waals surface area contributed by atoms with Gasteiger partial charge in [-0.05, 0) is 0 Å². The van der Waals surface area contributed by atoms with Crippen LogP contribution in [0.2, 0.25) is 0 Å². The standard InChI is InChI=1S/C13H22.C9H7.C5H5.2ClH.Zr/c1-3-7-12(8-4-1)11-13-9-5-2-6-10-13;1-2-5-9-7-3-6-8(9)4-1;1-2-4-5-3-1;;;/h12-13H,1-10H2;1-7H;1-3H,4H2;2*1H;/q;2*-1;;;+2/p-2. The summed E-state index contributed by atoms with van der Waals surface area (Å²) >= 11 is 1.77. The molecule has 3 aliphatic rings. The third kappa shape index (κ3) is 9.42. The Morgan fingerprint density at radius 2 is 1.43 bits per heavy atom. The Hall–Kier alpha value is -0.357. The monoisotopic (exact) mass is 518 g/mol. The van der Waals surface area contributed by atoms with Crippen molar-refractivity contribution in [3.63, 3.8) is 0 Å². The van der Waals surface area contributed by atoms with Crippen LogP contribution in [0.4, 0.5) is 0 Å². The van der Waals surface area contributed by atoms with E-state index in [-0.39, 0.29) is 24.8 Å². The molecule has 0 amide bonds. The largest absolute Gasteiger partial charge is 0.168 e. The van der Waals surface area contributed by atoms with Gasteiger partial charge in [-0.1, -0.05) is 6.07 Å². The number of halogens is 2. The van der Waals surface area contributed by atoms with Gasteiger partial charge < -0.3 is 24.8 Å². The molecule has 0 spiro atoms. The number of allylic oxidation sites excluding steroid dienone is 4. The molecule has 0 nitrogen and oxygen atoms in total. The summed E-state index contributed by atoms with van der Waals surface area (Å²) in [5.41, 5.74) is 0. The molecule has 2 aromatic rings. The van der Waals surface area contributed by atoms with Crippen molar-refractivity contribution in [1.29, 1.82) is 0 Å². The van der Waals surface area contributed by atoms with Gasteiger partial charge in [-0.2, -0.15) is 23.6 Å². The first-order valence-electron chi connectivity index (χ1n) is 11.2. The maximum absolute atomic E-state index is 2.99. The van der Waals surface area contributed by atoms with Crippen LogP contribution in [0.1, 0.15) is 70.6 Å². The van der Waals surface area contributed by atoms with E-state index in [0.717, 1.165) is 18.3 Å². The molecule has 2 aromatic carbocycles. The smallest absolute Gasteiger partial charge is 0.0809 e. The second-order valence-corrected chi connectivity index (χ2v) is 9.70. The maximum atomic E-state index is 2.99. The van der Waals surface area contributed by atoms with Crippen LogP contribution in [0.15, 0.2) is 60.7 Å². The van der Waals surface area contributed by atoms with Crippen LogP contribution in [-0.4, -0.2) is 3.21 Å². The van der Waals surface area contributed by atoms with Gasteiger partial charge in [-0.15, -0.1) is 36.1 Å². The summed E-state index contributed by atoms with van der Waals surface area (Å²) in [6, 6.07) is 14.7. The third-order valence-electron chi connectivity index (χ3n) is 6.22. The molecule has 30 heavy (non-hydrogen) atoms. The van der Waals surface area contributed by atoms with Crippen molar-refractivity contribution in [2.45, 2.75) is 70.6 Å². The Bertz CT molecular complexity index is 702. The van der Waals surface area contributed by atoms with Gasteiger partial charge in [0.2, 0.25) is 0 Å². The quantitative estimate of drug-likeness (QED) is 0.530. The molecular formula is C27H34Cl2Zr-2. The topological polar surface area (TPSA) is 0 Å². The summed E-state index contributed by atoms with van der Waals surface area (Å²) in [5.74, 6) is 2.09. The predicted molar refractivity (Wildman–Crippen MR) is 119 cm³/mol. The second-order valence-electron chi connectivity index (χ2n) is 8.28. The van der Waals surface area contributed by atoms with E-state index >= 15 is 0 Å². The molecule has 0 N–H and O–H groups in total. The minimum Gasteiger partial charge on any atom is -0.168 e. The van der Waals surface area contributed by atoms with Crippen LogP contribution in [-0.2, 0) is 24.2 Å². The zero-order valence-electron chi connectivity index (χ0n) is 18.0. The van der Waals surface area contributed by atoms with Crippen molar-refractivity contribution < 1.29 is 49.0 Å². The molecule has 2 saturated carbocycles. The van der Waals surface area contributed by atoms with Gasteiger partial charge in [0.1, 0.15) is 0 Å². The van der Waals surface area contributed by atoms with Gasteiger partial charge in [-0.3, -0.25) is 6.08 Å². The average molecular weight is 521 g/mol. The fourth-order valence-corrected chi connectivity index (χ4v) is 5.99. The molecule has 0 bridgehead atoms. The van der Waals surface area contributed by atoms with Crippen LogP contribution in [0.25, 0.3) is 10.8 Å². The minimum absolute atomic E-state index is 0. The zero-order valence-corrected chi connectivity index (χ0v) is 21.9. The van der Waals surface area contributed by atoms with E-state index in [2.05, 4.69) is 54.6 Å². The second kappa shape index (κ2) is 16.3. The Morgan fingerprint density at radius 3 is 1.90 bits per heavy atom. The number of hydrogen-bond donors (Lipinski definition) is 0. The van der Waals surface area contributed by atoms with Crippen molar-refractivity contribution >= 4 is 14.0 Å². The van der Waals surface area contributed by atoms with E-state index in [0.29, 0.717) is 0 Å². The molecule has 0 unspecified atom stereocenters. The first kappa shape index (κ1) is 27.7. The fraction of sp³-hybridized carbons (Fsp3) is 0.481. The fourth-order valence-electron chi connectivity index (χ4n) is 4.57. The van der Waals surface area contributed by atoms with Crippen LogP contribution in [0, 0.1) is 17.9 Å². The maximum Gasteiger partial charge on any atom is -0.0809 e. The van der Waals surface area contributed by atoms with E-state index in [1.54, 1.807) is 24.2 Å². The Morgan fingerprint density at radius 1 is 0.833 bits per heavy atom. The Balaban J connectivity index is 0.000000242. The molecule has 162 valence electrons. The number of hydrogen-bond acceptors (Lipinski definition) is 0. The summed E-state index contributed by atoms with van der Waals surface area (Å²) in [6.45, 7) is 0. The summed E-state index contributed by atoms with van der Waals surface area (Å²) in [4.78, 5) is 0. The molecule has 5 rings (SSSR count). The predicted octanol–water partition coefficient (Wildman–Crippen LogP) is 1.74. The Labute approximate surface area is 211 Å². The molecule has 3 aliphatic carbocycles. The first-order chi connectivity index (χ1) is 13.8. The molecule has 0 atom stereocenters. The SMILES string of the molecule is [C-]1=CC=CC1.[Cl-].[Cl-].[Zr+2]=[C](C1CCCCC1)C1CCCCC1.c1ccc2[cH-]ccc2c1. The summed E-state index contributed by atoms with van der Waals surface area (Å²) in [6.07, 6.45) is 25.1. The number of benzene rings is 1. The van der Waals surface area contributed by atoms with Crippen molar-refractivity contribution in [2.24, 2.45) is 11.8 Å². The van der Waals surface area contributed by atoms with Crippen LogP contribution >= 0.6 is 0 Å². The van der Waals surface area contributed by atoms with E-state index in [1.165, 1.54) is 75.0 Å². The molecule has 2 fully saturated rings. The van der Waals surface area contributed by atoms with Crippen molar-refractivity contribution in [3.05, 3.63) is 66.8 Å². The summed E-state index contributed by atoms with van der Waals surface area (Å²) < 4.78 is 1.97. The molecule has 0 radical (unpaired) electrons. The van der Waals surface area contributed by atoms with Crippen molar-refractivity contribution in [2.75, 3.05) is 0 Å². The number of fused-ring (bicyclic) bond motifs is 1. The summed E-state index contributed by atoms with van der Waals surface area (Å²) in [5, 5.41) is 2.66. The van der Waals surface area contributed by atoms with Crippen molar-refractivity contribution in [3.8, 4) is 0 Å².